The summed E-state index contributed by atoms with van der Waals surface area (Å²) in [5.41, 5.74) is 0. The van der Waals surface area contributed by atoms with Crippen LogP contribution in [-0.2, 0) is 0 Å². The Morgan fingerprint density at radius 1 is 1.29 bits per heavy atom. The first-order chi connectivity index (χ1) is 8.15. The van der Waals surface area contributed by atoms with Gasteiger partial charge in [0, 0.05) is 29.7 Å². The molecule has 2 heterocycles. The van der Waals surface area contributed by atoms with Crippen molar-refractivity contribution >= 4 is 37.7 Å². The van der Waals surface area contributed by atoms with Gasteiger partial charge in [0.15, 0.2) is 0 Å². The van der Waals surface area contributed by atoms with Gasteiger partial charge in [-0.3, -0.25) is 0 Å². The zero-order valence-corrected chi connectivity index (χ0v) is 12.5. The number of anilines is 1. The standard InChI is InChI=1S/C12H14Br2N2O/c13-8-3-10(14)12(15-4-8)16-5-7-1-2-11(17)9(7)6-16/h3-4,7,9,11,17H,1-2,5-6H2. The summed E-state index contributed by atoms with van der Waals surface area (Å²) in [5.74, 6) is 2.07. The zero-order valence-electron chi connectivity index (χ0n) is 9.31. The molecule has 3 atom stereocenters. The maximum Gasteiger partial charge on any atom is 0.142 e. The molecule has 3 rings (SSSR count). The van der Waals surface area contributed by atoms with Gasteiger partial charge in [0.25, 0.3) is 0 Å². The lowest BCUT2D eigenvalue weighted by Gasteiger charge is -2.20. The van der Waals surface area contributed by atoms with Crippen LogP contribution in [0.2, 0.25) is 0 Å². The molecule has 2 aliphatic rings. The fourth-order valence-corrected chi connectivity index (χ4v) is 4.29. The second-order valence-electron chi connectivity index (χ2n) is 4.93. The van der Waals surface area contributed by atoms with Crippen molar-refractivity contribution in [2.45, 2.75) is 18.9 Å². The van der Waals surface area contributed by atoms with Gasteiger partial charge in [-0.2, -0.15) is 0 Å². The van der Waals surface area contributed by atoms with E-state index in [1.165, 1.54) is 0 Å². The van der Waals surface area contributed by atoms with Gasteiger partial charge >= 0.3 is 0 Å². The van der Waals surface area contributed by atoms with Crippen LogP contribution in [0.3, 0.4) is 0 Å². The maximum atomic E-state index is 9.91. The SMILES string of the molecule is OC1CCC2CN(c3ncc(Br)cc3Br)CC12. The molecule has 1 aliphatic carbocycles. The van der Waals surface area contributed by atoms with Crippen molar-refractivity contribution < 1.29 is 5.11 Å². The zero-order chi connectivity index (χ0) is 12.0. The molecule has 1 aromatic rings. The average Bonchev–Trinajstić information content (AvgIpc) is 2.81. The highest BCUT2D eigenvalue weighted by Crippen LogP contribution is 2.41. The summed E-state index contributed by atoms with van der Waals surface area (Å²) in [6.45, 7) is 1.95. The van der Waals surface area contributed by atoms with E-state index in [-0.39, 0.29) is 6.10 Å². The van der Waals surface area contributed by atoms with E-state index in [0.717, 1.165) is 40.7 Å². The van der Waals surface area contributed by atoms with Crippen LogP contribution in [0.15, 0.2) is 21.2 Å². The highest BCUT2D eigenvalue weighted by atomic mass is 79.9. The number of halogens is 2. The number of rotatable bonds is 1. The van der Waals surface area contributed by atoms with E-state index < -0.39 is 0 Å². The molecule has 1 N–H and O–H groups in total. The van der Waals surface area contributed by atoms with Crippen LogP contribution in [0, 0.1) is 11.8 Å². The Labute approximate surface area is 117 Å². The number of nitrogens with zero attached hydrogens (tertiary/aromatic N) is 2. The Bertz CT molecular complexity index is 441. The Kier molecular flexibility index (Phi) is 3.17. The second-order valence-corrected chi connectivity index (χ2v) is 6.70. The predicted octanol–water partition coefficient (Wildman–Crippen LogP) is 2.81. The molecule has 0 amide bonds. The van der Waals surface area contributed by atoms with Gasteiger partial charge in [-0.15, -0.1) is 0 Å². The number of aromatic nitrogens is 1. The number of fused-ring (bicyclic) bond motifs is 1. The molecule has 0 radical (unpaired) electrons. The lowest BCUT2D eigenvalue weighted by atomic mass is 10.00. The number of hydrogen-bond donors (Lipinski definition) is 1. The quantitative estimate of drug-likeness (QED) is 0.835. The minimum absolute atomic E-state index is 0.112. The molecule has 1 aromatic heterocycles. The third-order valence-electron chi connectivity index (χ3n) is 3.91. The first kappa shape index (κ1) is 11.9. The van der Waals surface area contributed by atoms with Crippen LogP contribution in [0.4, 0.5) is 5.82 Å². The summed E-state index contributed by atoms with van der Waals surface area (Å²) in [6.07, 6.45) is 3.83. The molecule has 1 aliphatic heterocycles. The van der Waals surface area contributed by atoms with Crippen LogP contribution in [0.25, 0.3) is 0 Å². The molecule has 3 nitrogen and oxygen atoms in total. The maximum absolute atomic E-state index is 9.91. The molecular formula is C12H14Br2N2O. The van der Waals surface area contributed by atoms with E-state index in [2.05, 4.69) is 41.7 Å². The summed E-state index contributed by atoms with van der Waals surface area (Å²) in [4.78, 5) is 6.75. The van der Waals surface area contributed by atoms with Crippen LogP contribution in [-0.4, -0.2) is 29.3 Å². The number of aliphatic hydroxyl groups excluding tert-OH is 1. The van der Waals surface area contributed by atoms with Crippen molar-refractivity contribution in [1.29, 1.82) is 0 Å². The van der Waals surface area contributed by atoms with Gasteiger partial charge in [-0.1, -0.05) is 0 Å². The minimum atomic E-state index is -0.112. The first-order valence-corrected chi connectivity index (χ1v) is 7.48. The summed E-state index contributed by atoms with van der Waals surface area (Å²) in [7, 11) is 0. The number of aliphatic hydroxyl groups is 1. The summed E-state index contributed by atoms with van der Waals surface area (Å²) in [6, 6.07) is 2.02. The molecule has 2 fully saturated rings. The molecule has 3 unspecified atom stereocenters. The van der Waals surface area contributed by atoms with E-state index in [1.54, 1.807) is 0 Å². The van der Waals surface area contributed by atoms with Crippen molar-refractivity contribution in [1.82, 2.24) is 4.98 Å². The van der Waals surface area contributed by atoms with Crippen molar-refractivity contribution in [2.24, 2.45) is 11.8 Å². The van der Waals surface area contributed by atoms with Gasteiger partial charge in [0.2, 0.25) is 0 Å². The number of hydrogen-bond acceptors (Lipinski definition) is 3. The van der Waals surface area contributed by atoms with Gasteiger partial charge < -0.3 is 10.0 Å². The van der Waals surface area contributed by atoms with Crippen LogP contribution in [0.1, 0.15) is 12.8 Å². The topological polar surface area (TPSA) is 36.4 Å². The predicted molar refractivity (Wildman–Crippen MR) is 74.1 cm³/mol. The van der Waals surface area contributed by atoms with Crippen molar-refractivity contribution in [3.05, 3.63) is 21.2 Å². The van der Waals surface area contributed by atoms with Gasteiger partial charge in [-0.05, 0) is 56.7 Å². The lowest BCUT2D eigenvalue weighted by Crippen LogP contribution is -2.25. The molecule has 1 saturated carbocycles. The van der Waals surface area contributed by atoms with Gasteiger partial charge in [-0.25, -0.2) is 4.98 Å². The Balaban J connectivity index is 1.83. The summed E-state index contributed by atoms with van der Waals surface area (Å²) >= 11 is 6.97. The molecule has 0 bridgehead atoms. The van der Waals surface area contributed by atoms with E-state index in [9.17, 15) is 5.11 Å². The highest BCUT2D eigenvalue weighted by molar-refractivity contribution is 9.11. The molecule has 0 spiro atoms. The highest BCUT2D eigenvalue weighted by Gasteiger charge is 2.42. The summed E-state index contributed by atoms with van der Waals surface area (Å²) in [5, 5.41) is 9.91. The van der Waals surface area contributed by atoms with Crippen molar-refractivity contribution in [2.75, 3.05) is 18.0 Å². The first-order valence-electron chi connectivity index (χ1n) is 5.89. The van der Waals surface area contributed by atoms with Gasteiger partial charge in [0.05, 0.1) is 10.6 Å². The Morgan fingerprint density at radius 2 is 2.12 bits per heavy atom. The lowest BCUT2D eigenvalue weighted by molar-refractivity contribution is 0.133. The Hall–Kier alpha value is -0.130. The normalized spacial score (nSPS) is 31.9. The van der Waals surface area contributed by atoms with E-state index in [1.807, 2.05) is 12.3 Å². The third kappa shape index (κ3) is 2.13. The van der Waals surface area contributed by atoms with Crippen LogP contribution in [0.5, 0.6) is 0 Å². The van der Waals surface area contributed by atoms with E-state index in [4.69, 9.17) is 0 Å². The van der Waals surface area contributed by atoms with Crippen LogP contribution >= 0.6 is 31.9 Å². The monoisotopic (exact) mass is 360 g/mol. The molecule has 92 valence electrons. The fourth-order valence-electron chi connectivity index (χ4n) is 3.05. The molecule has 17 heavy (non-hydrogen) atoms. The smallest absolute Gasteiger partial charge is 0.142 e. The van der Waals surface area contributed by atoms with Gasteiger partial charge in [0.1, 0.15) is 5.82 Å². The van der Waals surface area contributed by atoms with E-state index in [0.29, 0.717) is 11.8 Å². The molecule has 5 heteroatoms. The van der Waals surface area contributed by atoms with Crippen LogP contribution < -0.4 is 4.90 Å². The molecule has 0 aromatic carbocycles. The largest absolute Gasteiger partial charge is 0.393 e. The average molecular weight is 362 g/mol. The molecular weight excluding hydrogens is 348 g/mol. The van der Waals surface area contributed by atoms with Crippen molar-refractivity contribution in [3.63, 3.8) is 0 Å². The van der Waals surface area contributed by atoms with Crippen molar-refractivity contribution in [3.8, 4) is 0 Å². The third-order valence-corrected chi connectivity index (χ3v) is 4.92. The second kappa shape index (κ2) is 4.52. The minimum Gasteiger partial charge on any atom is -0.393 e. The molecule has 1 saturated heterocycles. The Morgan fingerprint density at radius 3 is 2.82 bits per heavy atom. The number of pyridine rings is 1. The van der Waals surface area contributed by atoms with E-state index >= 15 is 0 Å². The fraction of sp³-hybridized carbons (Fsp3) is 0.583. The summed E-state index contributed by atoms with van der Waals surface area (Å²) < 4.78 is 1.99.